The quantitative estimate of drug-likeness (QED) is 0.534. The van der Waals surface area contributed by atoms with Gasteiger partial charge in [-0.15, -0.1) is 12.4 Å². The van der Waals surface area contributed by atoms with Crippen LogP contribution in [0.3, 0.4) is 0 Å². The van der Waals surface area contributed by atoms with Gasteiger partial charge in [0.05, 0.1) is 22.5 Å². The van der Waals surface area contributed by atoms with Gasteiger partial charge in [0.15, 0.2) is 0 Å². The summed E-state index contributed by atoms with van der Waals surface area (Å²) in [4.78, 5) is 11.6. The van der Waals surface area contributed by atoms with Crippen LogP contribution in [0.4, 0.5) is 4.39 Å². The molecule has 10 heteroatoms. The van der Waals surface area contributed by atoms with Crippen molar-refractivity contribution in [1.82, 2.24) is 8.87 Å². The average Bonchev–Trinajstić information content (AvgIpc) is 2.99. The van der Waals surface area contributed by atoms with E-state index >= 15 is 0 Å². The van der Waals surface area contributed by atoms with Crippen LogP contribution >= 0.6 is 12.4 Å². The highest BCUT2D eigenvalue weighted by Gasteiger charge is 2.21. The smallest absolute Gasteiger partial charge is 0.335 e. The maximum atomic E-state index is 14.3. The Hall–Kier alpha value is -2.72. The zero-order chi connectivity index (χ0) is 22.9. The highest BCUT2D eigenvalue weighted by molar-refractivity contribution is 7.89. The van der Waals surface area contributed by atoms with Crippen molar-refractivity contribution in [3.8, 4) is 11.1 Å². The highest BCUT2D eigenvalue weighted by atomic mass is 35.5. The van der Waals surface area contributed by atoms with Crippen LogP contribution in [0.2, 0.25) is 0 Å². The molecular formula is C22H25ClFN3O4S. The number of hydrogen-bond acceptors (Lipinski definition) is 4. The number of benzene rings is 2. The first kappa shape index (κ1) is 25.5. The summed E-state index contributed by atoms with van der Waals surface area (Å²) in [5.74, 6) is -1.54. The van der Waals surface area contributed by atoms with Crippen molar-refractivity contribution >= 4 is 39.3 Å². The monoisotopic (exact) mass is 481 g/mol. The molecule has 0 bridgehead atoms. The lowest BCUT2D eigenvalue weighted by Gasteiger charge is -2.13. The second kappa shape index (κ2) is 9.83. The number of aromatic carboxylic acids is 1. The Balaban J connectivity index is 0.00000363. The number of nitrogens with zero attached hydrogens (tertiary/aromatic N) is 2. The second-order valence-electron chi connectivity index (χ2n) is 7.29. The number of nitrogens with two attached hydrogens (primary N) is 1. The predicted octanol–water partition coefficient (Wildman–Crippen LogP) is 3.80. The van der Waals surface area contributed by atoms with Crippen LogP contribution in [0.1, 0.15) is 16.1 Å². The van der Waals surface area contributed by atoms with E-state index in [0.29, 0.717) is 27.7 Å². The van der Waals surface area contributed by atoms with Crippen LogP contribution in [0.5, 0.6) is 0 Å². The molecule has 1 aromatic heterocycles. The fourth-order valence-corrected chi connectivity index (χ4v) is 4.49. The van der Waals surface area contributed by atoms with E-state index in [2.05, 4.69) is 0 Å². The van der Waals surface area contributed by atoms with Crippen LogP contribution in [0.25, 0.3) is 22.0 Å². The molecule has 0 unspecified atom stereocenters. The van der Waals surface area contributed by atoms with Crippen LogP contribution in [-0.2, 0) is 16.6 Å². The molecule has 0 spiro atoms. The molecule has 3 N–H and O–H groups in total. The zero-order valence-corrected chi connectivity index (χ0v) is 19.5. The summed E-state index contributed by atoms with van der Waals surface area (Å²) in [7, 11) is -0.730. The predicted molar refractivity (Wildman–Crippen MR) is 125 cm³/mol. The number of carboxylic acids is 1. The minimum atomic E-state index is -3.65. The molecule has 0 aliphatic heterocycles. The van der Waals surface area contributed by atoms with Gasteiger partial charge in [0.2, 0.25) is 10.0 Å². The van der Waals surface area contributed by atoms with Gasteiger partial charge in [0, 0.05) is 37.3 Å². The minimum Gasteiger partial charge on any atom is -0.478 e. The molecule has 0 fully saturated rings. The van der Waals surface area contributed by atoms with Gasteiger partial charge in [0.25, 0.3) is 0 Å². The SMILES string of the molecule is Cc1c(-c2cccc(S(=O)(=O)N(C)C)c2)c2ccc(C(=O)O)cc2n1CC(F)=CCN.Cl. The van der Waals surface area contributed by atoms with E-state index in [-0.39, 0.29) is 36.0 Å². The number of aromatic nitrogens is 1. The summed E-state index contributed by atoms with van der Waals surface area (Å²) in [6, 6.07) is 11.1. The van der Waals surface area contributed by atoms with Crippen molar-refractivity contribution in [1.29, 1.82) is 0 Å². The van der Waals surface area contributed by atoms with Gasteiger partial charge in [0.1, 0.15) is 5.83 Å². The lowest BCUT2D eigenvalue weighted by atomic mass is 10.0. The van der Waals surface area contributed by atoms with E-state index in [1.165, 1.54) is 38.4 Å². The lowest BCUT2D eigenvalue weighted by molar-refractivity contribution is 0.0697. The molecule has 1 heterocycles. The van der Waals surface area contributed by atoms with E-state index in [0.717, 1.165) is 4.31 Å². The van der Waals surface area contributed by atoms with Crippen LogP contribution in [0, 0.1) is 6.92 Å². The van der Waals surface area contributed by atoms with Crippen molar-refractivity contribution in [2.45, 2.75) is 18.4 Å². The summed E-state index contributed by atoms with van der Waals surface area (Å²) in [5.41, 5.74) is 8.05. The number of sulfonamides is 1. The Kier molecular flexibility index (Phi) is 7.84. The second-order valence-corrected chi connectivity index (χ2v) is 9.44. The molecule has 0 aliphatic carbocycles. The Morgan fingerprint density at radius 3 is 2.50 bits per heavy atom. The molecule has 7 nitrogen and oxygen atoms in total. The van der Waals surface area contributed by atoms with Gasteiger partial charge in [-0.25, -0.2) is 21.9 Å². The van der Waals surface area contributed by atoms with Crippen molar-refractivity contribution in [3.05, 3.63) is 65.6 Å². The van der Waals surface area contributed by atoms with Crippen molar-refractivity contribution in [3.63, 3.8) is 0 Å². The Bertz CT molecular complexity index is 1300. The van der Waals surface area contributed by atoms with E-state index in [4.69, 9.17) is 5.73 Å². The maximum absolute atomic E-state index is 14.3. The number of halogens is 2. The summed E-state index contributed by atoms with van der Waals surface area (Å²) in [6.07, 6.45) is 1.26. The van der Waals surface area contributed by atoms with E-state index in [1.54, 1.807) is 35.8 Å². The molecule has 0 radical (unpaired) electrons. The van der Waals surface area contributed by atoms with Gasteiger partial charge in [-0.1, -0.05) is 18.2 Å². The Labute approximate surface area is 192 Å². The number of fused-ring (bicyclic) bond motifs is 1. The molecule has 3 rings (SSSR count). The standard InChI is InChI=1S/C22H24FN3O4S.ClH/c1-14-21(15-5-4-6-18(11-15)31(29,30)25(2)3)19-8-7-16(22(27)28)12-20(19)26(14)13-17(23)9-10-24;/h4-9,11-12H,10,13,24H2,1-3H3,(H,27,28);1H. The highest BCUT2D eigenvalue weighted by Crippen LogP contribution is 2.36. The number of allylic oxidation sites excluding steroid dienone is 1. The van der Waals surface area contributed by atoms with Crippen molar-refractivity contribution in [2.75, 3.05) is 20.6 Å². The minimum absolute atomic E-state index is 0. The van der Waals surface area contributed by atoms with Gasteiger partial charge in [-0.05, 0) is 42.8 Å². The molecular weight excluding hydrogens is 457 g/mol. The number of hydrogen-bond donors (Lipinski definition) is 2. The van der Waals surface area contributed by atoms with Crippen molar-refractivity contribution < 1.29 is 22.7 Å². The van der Waals surface area contributed by atoms with Gasteiger partial charge >= 0.3 is 5.97 Å². The molecule has 3 aromatic rings. The van der Waals surface area contributed by atoms with Crippen LogP contribution in [-0.4, -0.2) is 49.0 Å². The topological polar surface area (TPSA) is 106 Å². The first-order valence-electron chi connectivity index (χ1n) is 9.51. The van der Waals surface area contributed by atoms with Gasteiger partial charge < -0.3 is 15.4 Å². The van der Waals surface area contributed by atoms with Gasteiger partial charge in [-0.2, -0.15) is 0 Å². The summed E-state index contributed by atoms with van der Waals surface area (Å²) >= 11 is 0. The third kappa shape index (κ3) is 4.71. The molecule has 2 aromatic carbocycles. The normalized spacial score (nSPS) is 12.2. The molecule has 0 saturated carbocycles. The summed E-state index contributed by atoms with van der Waals surface area (Å²) in [5, 5.41) is 10.1. The third-order valence-corrected chi connectivity index (χ3v) is 6.93. The fraction of sp³-hybridized carbons (Fsp3) is 0.227. The fourth-order valence-electron chi connectivity index (χ4n) is 3.54. The van der Waals surface area contributed by atoms with E-state index in [1.807, 2.05) is 0 Å². The first-order valence-corrected chi connectivity index (χ1v) is 11.0. The zero-order valence-electron chi connectivity index (χ0n) is 17.9. The first-order chi connectivity index (χ1) is 14.6. The average molecular weight is 482 g/mol. The molecule has 172 valence electrons. The summed E-state index contributed by atoms with van der Waals surface area (Å²) < 4.78 is 42.3. The van der Waals surface area contributed by atoms with Gasteiger partial charge in [-0.3, -0.25) is 0 Å². The molecule has 0 aliphatic rings. The Morgan fingerprint density at radius 2 is 1.91 bits per heavy atom. The Morgan fingerprint density at radius 1 is 1.22 bits per heavy atom. The number of carboxylic acid groups (broad SMARTS) is 1. The largest absolute Gasteiger partial charge is 0.478 e. The molecule has 0 atom stereocenters. The lowest BCUT2D eigenvalue weighted by Crippen LogP contribution is -2.22. The van der Waals surface area contributed by atoms with Crippen molar-refractivity contribution in [2.24, 2.45) is 5.73 Å². The number of rotatable bonds is 7. The van der Waals surface area contributed by atoms with Crippen LogP contribution in [0.15, 0.2) is 59.3 Å². The van der Waals surface area contributed by atoms with E-state index < -0.39 is 21.8 Å². The maximum Gasteiger partial charge on any atom is 0.335 e. The molecule has 32 heavy (non-hydrogen) atoms. The molecule has 0 saturated heterocycles. The van der Waals surface area contributed by atoms with Crippen LogP contribution < -0.4 is 5.73 Å². The van der Waals surface area contributed by atoms with E-state index in [9.17, 15) is 22.7 Å². The molecule has 0 amide bonds. The summed E-state index contributed by atoms with van der Waals surface area (Å²) in [6.45, 7) is 1.72. The number of carbonyl (C=O) groups is 1. The third-order valence-electron chi connectivity index (χ3n) is 5.12.